The molecule has 0 fully saturated rings. The number of halogens is 3. The molecule has 2 N–H and O–H groups in total. The van der Waals surface area contributed by atoms with E-state index in [1.807, 2.05) is 0 Å². The molecule has 132 valence electrons. The Morgan fingerprint density at radius 3 is 2.32 bits per heavy atom. The van der Waals surface area contributed by atoms with Crippen molar-refractivity contribution in [2.75, 3.05) is 23.8 Å². The van der Waals surface area contributed by atoms with Crippen LogP contribution in [-0.4, -0.2) is 18.3 Å². The standard InChI is InChI=1S/C17H15F3N2O2S/c18-17(19,20)11-3-1-4-12(9-11)21-16(25)22-13-5-6-14-15(10-13)24-8-2-7-23-14/h1,3-6,9-10H,2,7-8H2,(H2,21,22,25). The van der Waals surface area contributed by atoms with E-state index in [0.717, 1.165) is 18.6 Å². The van der Waals surface area contributed by atoms with Gasteiger partial charge < -0.3 is 20.1 Å². The molecule has 0 radical (unpaired) electrons. The molecule has 1 aliphatic rings. The van der Waals surface area contributed by atoms with Crippen molar-refractivity contribution in [3.05, 3.63) is 48.0 Å². The lowest BCUT2D eigenvalue weighted by Gasteiger charge is -2.14. The molecule has 2 aromatic carbocycles. The average molecular weight is 368 g/mol. The lowest BCUT2D eigenvalue weighted by Crippen LogP contribution is -2.19. The summed E-state index contributed by atoms with van der Waals surface area (Å²) in [5.41, 5.74) is 0.159. The second-order valence-electron chi connectivity index (χ2n) is 5.37. The number of anilines is 2. The molecule has 4 nitrogen and oxygen atoms in total. The third kappa shape index (κ3) is 4.54. The van der Waals surface area contributed by atoms with Gasteiger partial charge >= 0.3 is 6.18 Å². The van der Waals surface area contributed by atoms with Gasteiger partial charge in [-0.1, -0.05) is 6.07 Å². The van der Waals surface area contributed by atoms with Crippen LogP contribution in [0.3, 0.4) is 0 Å². The Kier molecular flexibility index (Phi) is 4.98. The Labute approximate surface area is 147 Å². The number of fused-ring (bicyclic) bond motifs is 1. The number of benzene rings is 2. The molecule has 2 aromatic rings. The summed E-state index contributed by atoms with van der Waals surface area (Å²) in [5.74, 6) is 1.25. The number of hydrogen-bond acceptors (Lipinski definition) is 3. The molecule has 0 aromatic heterocycles. The maximum absolute atomic E-state index is 12.7. The molecular formula is C17H15F3N2O2S. The zero-order chi connectivity index (χ0) is 17.9. The first-order valence-corrected chi connectivity index (χ1v) is 7.97. The Bertz CT molecular complexity index is 781. The van der Waals surface area contributed by atoms with Crippen LogP contribution < -0.4 is 20.1 Å². The van der Waals surface area contributed by atoms with Gasteiger partial charge in [-0.25, -0.2) is 0 Å². The molecule has 1 heterocycles. The Balaban J connectivity index is 1.68. The van der Waals surface area contributed by atoms with Gasteiger partial charge in [0, 0.05) is 23.9 Å². The highest BCUT2D eigenvalue weighted by Crippen LogP contribution is 2.33. The van der Waals surface area contributed by atoms with Crippen molar-refractivity contribution in [1.82, 2.24) is 0 Å². The summed E-state index contributed by atoms with van der Waals surface area (Å²) in [6.07, 6.45) is -3.60. The molecular weight excluding hydrogens is 353 g/mol. The van der Waals surface area contributed by atoms with Crippen LogP contribution in [0.5, 0.6) is 11.5 Å². The third-order valence-corrected chi connectivity index (χ3v) is 3.66. The van der Waals surface area contributed by atoms with Gasteiger partial charge in [0.25, 0.3) is 0 Å². The molecule has 3 rings (SSSR count). The van der Waals surface area contributed by atoms with Gasteiger partial charge in [-0.2, -0.15) is 13.2 Å². The number of rotatable bonds is 2. The van der Waals surface area contributed by atoms with Crippen LogP contribution >= 0.6 is 12.2 Å². The minimum Gasteiger partial charge on any atom is -0.490 e. The van der Waals surface area contributed by atoms with E-state index < -0.39 is 11.7 Å². The molecule has 0 atom stereocenters. The van der Waals surface area contributed by atoms with Crippen molar-refractivity contribution in [2.24, 2.45) is 0 Å². The lowest BCUT2D eigenvalue weighted by atomic mass is 10.2. The normalized spacial score (nSPS) is 13.7. The van der Waals surface area contributed by atoms with Crippen molar-refractivity contribution >= 4 is 28.7 Å². The monoisotopic (exact) mass is 368 g/mol. The summed E-state index contributed by atoms with van der Waals surface area (Å²) in [6.45, 7) is 1.15. The fourth-order valence-electron chi connectivity index (χ4n) is 2.31. The first-order chi connectivity index (χ1) is 11.9. The van der Waals surface area contributed by atoms with E-state index >= 15 is 0 Å². The van der Waals surface area contributed by atoms with Crippen molar-refractivity contribution in [3.63, 3.8) is 0 Å². The molecule has 0 saturated heterocycles. The topological polar surface area (TPSA) is 42.5 Å². The highest BCUT2D eigenvalue weighted by molar-refractivity contribution is 7.80. The van der Waals surface area contributed by atoms with E-state index in [-0.39, 0.29) is 10.8 Å². The van der Waals surface area contributed by atoms with Gasteiger partial charge in [0.05, 0.1) is 18.8 Å². The number of hydrogen-bond donors (Lipinski definition) is 2. The van der Waals surface area contributed by atoms with Gasteiger partial charge in [0.2, 0.25) is 0 Å². The predicted octanol–water partition coefficient (Wildman–Crippen LogP) is 4.68. The maximum atomic E-state index is 12.7. The minimum absolute atomic E-state index is 0.175. The van der Waals surface area contributed by atoms with Gasteiger partial charge in [0.1, 0.15) is 0 Å². The SMILES string of the molecule is FC(F)(F)c1cccc(NC(=S)Nc2ccc3c(c2)OCCCO3)c1. The predicted molar refractivity (Wildman–Crippen MR) is 93.3 cm³/mol. The van der Waals surface area contributed by atoms with E-state index in [0.29, 0.717) is 30.4 Å². The van der Waals surface area contributed by atoms with Crippen LogP contribution in [0.25, 0.3) is 0 Å². The Hall–Kier alpha value is -2.48. The zero-order valence-electron chi connectivity index (χ0n) is 13.0. The van der Waals surface area contributed by atoms with E-state index in [9.17, 15) is 13.2 Å². The second-order valence-corrected chi connectivity index (χ2v) is 5.78. The molecule has 0 aliphatic carbocycles. The fourth-order valence-corrected chi connectivity index (χ4v) is 2.54. The lowest BCUT2D eigenvalue weighted by molar-refractivity contribution is -0.137. The van der Waals surface area contributed by atoms with Crippen molar-refractivity contribution in [1.29, 1.82) is 0 Å². The Morgan fingerprint density at radius 2 is 1.60 bits per heavy atom. The number of nitrogens with one attached hydrogen (secondary N) is 2. The molecule has 0 bridgehead atoms. The summed E-state index contributed by atoms with van der Waals surface area (Å²) in [5, 5.41) is 5.84. The van der Waals surface area contributed by atoms with E-state index in [1.165, 1.54) is 12.1 Å². The summed E-state index contributed by atoms with van der Waals surface area (Å²) in [7, 11) is 0. The van der Waals surface area contributed by atoms with Gasteiger partial charge in [-0.15, -0.1) is 0 Å². The van der Waals surface area contributed by atoms with Crippen molar-refractivity contribution in [2.45, 2.75) is 12.6 Å². The largest absolute Gasteiger partial charge is 0.490 e. The molecule has 0 saturated carbocycles. The molecule has 0 amide bonds. The van der Waals surface area contributed by atoms with Gasteiger partial charge in [-0.05, 0) is 42.5 Å². The average Bonchev–Trinajstić information content (AvgIpc) is 2.79. The first-order valence-electron chi connectivity index (χ1n) is 7.57. The Morgan fingerprint density at radius 1 is 0.920 bits per heavy atom. The summed E-state index contributed by atoms with van der Waals surface area (Å²) in [6, 6.07) is 10.1. The highest BCUT2D eigenvalue weighted by atomic mass is 32.1. The molecule has 0 spiro atoms. The van der Waals surface area contributed by atoms with Crippen LogP contribution in [-0.2, 0) is 6.18 Å². The quantitative estimate of drug-likeness (QED) is 0.754. The van der Waals surface area contributed by atoms with Crippen LogP contribution in [0, 0.1) is 0 Å². The highest BCUT2D eigenvalue weighted by Gasteiger charge is 2.30. The van der Waals surface area contributed by atoms with Crippen LogP contribution in [0.1, 0.15) is 12.0 Å². The molecule has 0 unspecified atom stereocenters. The molecule has 1 aliphatic heterocycles. The number of thiocarbonyl (C=S) groups is 1. The van der Waals surface area contributed by atoms with Gasteiger partial charge in [-0.3, -0.25) is 0 Å². The van der Waals surface area contributed by atoms with Gasteiger partial charge in [0.15, 0.2) is 16.6 Å². The summed E-state index contributed by atoms with van der Waals surface area (Å²) in [4.78, 5) is 0. The van der Waals surface area contributed by atoms with Crippen molar-refractivity contribution in [3.8, 4) is 11.5 Å². The molecule has 8 heteroatoms. The van der Waals surface area contributed by atoms with E-state index in [2.05, 4.69) is 10.6 Å². The first kappa shape index (κ1) is 17.3. The minimum atomic E-state index is -4.40. The van der Waals surface area contributed by atoms with Crippen LogP contribution in [0.4, 0.5) is 24.5 Å². The summed E-state index contributed by atoms with van der Waals surface area (Å²) >= 11 is 5.16. The second kappa shape index (κ2) is 7.18. The zero-order valence-corrected chi connectivity index (χ0v) is 13.8. The fraction of sp³-hybridized carbons (Fsp3) is 0.235. The smallest absolute Gasteiger partial charge is 0.416 e. The van der Waals surface area contributed by atoms with Crippen LogP contribution in [0.15, 0.2) is 42.5 Å². The van der Waals surface area contributed by atoms with E-state index in [1.54, 1.807) is 18.2 Å². The number of ether oxygens (including phenoxy) is 2. The van der Waals surface area contributed by atoms with E-state index in [4.69, 9.17) is 21.7 Å². The number of alkyl halides is 3. The van der Waals surface area contributed by atoms with Crippen molar-refractivity contribution < 1.29 is 22.6 Å². The maximum Gasteiger partial charge on any atom is 0.416 e. The third-order valence-electron chi connectivity index (χ3n) is 3.45. The molecule has 25 heavy (non-hydrogen) atoms. The van der Waals surface area contributed by atoms with Crippen LogP contribution in [0.2, 0.25) is 0 Å². The summed E-state index contributed by atoms with van der Waals surface area (Å²) < 4.78 is 49.4.